The molecule has 0 spiro atoms. The highest BCUT2D eigenvalue weighted by molar-refractivity contribution is 5.48. The average molecular weight is 500 g/mol. The first-order chi connectivity index (χ1) is 18.0. The fourth-order valence-corrected chi connectivity index (χ4v) is 4.87. The second kappa shape index (κ2) is 10.6. The van der Waals surface area contributed by atoms with E-state index in [1.165, 1.54) is 16.8 Å². The molecule has 3 aromatic carbocycles. The van der Waals surface area contributed by atoms with Gasteiger partial charge in [-0.05, 0) is 28.8 Å². The van der Waals surface area contributed by atoms with E-state index >= 15 is 0 Å². The smallest absolute Gasteiger partial charge is 0.330 e. The second-order valence-electron chi connectivity index (χ2n) is 9.00. The number of aromatic nitrogens is 2. The summed E-state index contributed by atoms with van der Waals surface area (Å²) in [5, 5.41) is 0. The van der Waals surface area contributed by atoms with Gasteiger partial charge in [-0.15, -0.1) is 0 Å². The summed E-state index contributed by atoms with van der Waals surface area (Å²) < 4.78 is 19.8. The topological polar surface area (TPSA) is 109 Å². The number of aromatic amines is 1. The third-order valence-electron chi connectivity index (χ3n) is 6.77. The van der Waals surface area contributed by atoms with E-state index in [1.807, 2.05) is 84.9 Å². The molecular weight excluding hydrogens is 470 g/mol. The number of hydrogen-bond donors (Lipinski definition) is 2. The first kappa shape index (κ1) is 24.7. The number of nitrogens with zero attached hydrogens (tertiary/aromatic N) is 1. The molecule has 0 bridgehead atoms. The second-order valence-corrected chi connectivity index (χ2v) is 9.00. The van der Waals surface area contributed by atoms with Gasteiger partial charge >= 0.3 is 5.69 Å². The highest BCUT2D eigenvalue weighted by Crippen LogP contribution is 2.42. The monoisotopic (exact) mass is 499 g/mol. The molecule has 3 N–H and O–H groups in total. The number of H-pyrrole nitrogens is 1. The molecule has 37 heavy (non-hydrogen) atoms. The van der Waals surface area contributed by atoms with Crippen molar-refractivity contribution in [1.29, 1.82) is 0 Å². The number of benzene rings is 3. The van der Waals surface area contributed by atoms with Gasteiger partial charge in [0, 0.05) is 24.7 Å². The minimum Gasteiger partial charge on any atom is -0.497 e. The number of nitrogens with two attached hydrogens (primary N) is 1. The Morgan fingerprint density at radius 1 is 0.919 bits per heavy atom. The molecule has 1 aromatic heterocycles. The third-order valence-corrected chi connectivity index (χ3v) is 6.77. The van der Waals surface area contributed by atoms with E-state index < -0.39 is 29.2 Å². The fraction of sp³-hybridized carbons (Fsp3) is 0.241. The number of methoxy groups -OCH3 is 1. The number of nitrogens with one attached hydrogen (secondary N) is 1. The van der Waals surface area contributed by atoms with E-state index in [1.54, 1.807) is 7.11 Å². The predicted molar refractivity (Wildman–Crippen MR) is 140 cm³/mol. The van der Waals surface area contributed by atoms with Gasteiger partial charge in [0.15, 0.2) is 0 Å². The Kier molecular flexibility index (Phi) is 7.05. The molecule has 8 nitrogen and oxygen atoms in total. The van der Waals surface area contributed by atoms with Crippen LogP contribution in [-0.4, -0.2) is 35.4 Å². The molecule has 8 heteroatoms. The van der Waals surface area contributed by atoms with Gasteiger partial charge in [0.25, 0.3) is 5.56 Å². The van der Waals surface area contributed by atoms with Crippen molar-refractivity contribution in [3.63, 3.8) is 0 Å². The minimum absolute atomic E-state index is 0.172. The highest BCUT2D eigenvalue weighted by Gasteiger charge is 2.41. The summed E-state index contributed by atoms with van der Waals surface area (Å²) in [7, 11) is 1.64. The third kappa shape index (κ3) is 4.86. The van der Waals surface area contributed by atoms with Crippen LogP contribution in [0, 0.1) is 0 Å². The first-order valence-electron chi connectivity index (χ1n) is 12.1. The standard InChI is InChI=1S/C29H29N3O5/c1-35-23-14-12-22(13-15-23)29(20-8-4-2-5-9-20,21-10-6-3-7-11-21)36-19-25-24(30)18-27(37-25)32-17-16-26(33)31-28(32)34/h2-17,24-25,27H,18-19,30H2,1H3,(H,31,33,34)/t24-,25-,27-/m1/s1. The van der Waals surface area contributed by atoms with E-state index in [0.717, 1.165) is 22.4 Å². The lowest BCUT2D eigenvalue weighted by Crippen LogP contribution is -2.40. The van der Waals surface area contributed by atoms with Crippen molar-refractivity contribution < 1.29 is 14.2 Å². The summed E-state index contributed by atoms with van der Waals surface area (Å²) in [5.74, 6) is 0.745. The largest absolute Gasteiger partial charge is 0.497 e. The Balaban J connectivity index is 1.52. The zero-order valence-corrected chi connectivity index (χ0v) is 20.4. The molecule has 1 fully saturated rings. The number of rotatable bonds is 8. The summed E-state index contributed by atoms with van der Waals surface area (Å²) in [4.78, 5) is 26.1. The summed E-state index contributed by atoms with van der Waals surface area (Å²) in [6.45, 7) is 0.172. The van der Waals surface area contributed by atoms with Gasteiger partial charge < -0.3 is 19.9 Å². The zero-order valence-electron chi connectivity index (χ0n) is 20.4. The van der Waals surface area contributed by atoms with Crippen LogP contribution in [0.3, 0.4) is 0 Å². The molecule has 4 aromatic rings. The van der Waals surface area contributed by atoms with Crippen molar-refractivity contribution in [1.82, 2.24) is 9.55 Å². The van der Waals surface area contributed by atoms with Crippen LogP contribution < -0.4 is 21.7 Å². The van der Waals surface area contributed by atoms with Gasteiger partial charge in [0.05, 0.1) is 19.8 Å². The molecule has 0 amide bonds. The Hall–Kier alpha value is -3.98. The van der Waals surface area contributed by atoms with Gasteiger partial charge in [-0.3, -0.25) is 14.3 Å². The van der Waals surface area contributed by atoms with E-state index in [-0.39, 0.29) is 12.6 Å². The summed E-state index contributed by atoms with van der Waals surface area (Å²) in [6.07, 6.45) is 0.759. The molecule has 3 atom stereocenters. The predicted octanol–water partition coefficient (Wildman–Crippen LogP) is 3.17. The molecule has 0 radical (unpaired) electrons. The summed E-state index contributed by atoms with van der Waals surface area (Å²) in [6, 6.07) is 28.8. The summed E-state index contributed by atoms with van der Waals surface area (Å²) >= 11 is 0. The molecule has 2 heterocycles. The SMILES string of the molecule is COc1ccc(C(OC[C@H]2O[C@@H](n3ccc(=O)[nH]c3=O)C[C@H]2N)(c2ccccc2)c2ccccc2)cc1. The Morgan fingerprint density at radius 3 is 2.08 bits per heavy atom. The first-order valence-corrected chi connectivity index (χ1v) is 12.1. The van der Waals surface area contributed by atoms with Crippen molar-refractivity contribution in [3.05, 3.63) is 135 Å². The van der Waals surface area contributed by atoms with Gasteiger partial charge in [-0.2, -0.15) is 0 Å². The van der Waals surface area contributed by atoms with E-state index in [9.17, 15) is 9.59 Å². The van der Waals surface area contributed by atoms with Crippen molar-refractivity contribution in [3.8, 4) is 5.75 Å². The van der Waals surface area contributed by atoms with Gasteiger partial charge in [0.2, 0.25) is 0 Å². The molecule has 0 saturated carbocycles. The lowest BCUT2D eigenvalue weighted by Gasteiger charge is -2.37. The van der Waals surface area contributed by atoms with Crippen LogP contribution in [0.15, 0.2) is 107 Å². The van der Waals surface area contributed by atoms with Crippen LogP contribution in [0.25, 0.3) is 0 Å². The van der Waals surface area contributed by atoms with Gasteiger partial charge in [-0.25, -0.2) is 4.79 Å². The molecule has 5 rings (SSSR count). The molecule has 0 unspecified atom stereocenters. The maximum absolute atomic E-state index is 12.3. The molecule has 190 valence electrons. The van der Waals surface area contributed by atoms with Crippen molar-refractivity contribution in [2.45, 2.75) is 30.4 Å². The fourth-order valence-electron chi connectivity index (χ4n) is 4.87. The van der Waals surface area contributed by atoms with Crippen molar-refractivity contribution in [2.24, 2.45) is 5.73 Å². The van der Waals surface area contributed by atoms with Crippen LogP contribution in [0.1, 0.15) is 29.3 Å². The molecule has 0 aliphatic carbocycles. The van der Waals surface area contributed by atoms with Crippen LogP contribution in [0.2, 0.25) is 0 Å². The zero-order chi connectivity index (χ0) is 25.8. The van der Waals surface area contributed by atoms with Crippen molar-refractivity contribution >= 4 is 0 Å². The van der Waals surface area contributed by atoms with Crippen LogP contribution in [0.5, 0.6) is 5.75 Å². The summed E-state index contributed by atoms with van der Waals surface area (Å²) in [5.41, 5.74) is 7.34. The van der Waals surface area contributed by atoms with Crippen molar-refractivity contribution in [2.75, 3.05) is 13.7 Å². The molecule has 1 saturated heterocycles. The Labute approximate surface area is 214 Å². The molecule has 1 aliphatic heterocycles. The van der Waals surface area contributed by atoms with Crippen LogP contribution in [-0.2, 0) is 15.1 Å². The average Bonchev–Trinajstić information content (AvgIpc) is 3.30. The normalized spacial score (nSPS) is 19.6. The molecular formula is C29H29N3O5. The quantitative estimate of drug-likeness (QED) is 0.361. The number of hydrogen-bond acceptors (Lipinski definition) is 6. The lowest BCUT2D eigenvalue weighted by atomic mass is 9.80. The highest BCUT2D eigenvalue weighted by atomic mass is 16.6. The lowest BCUT2D eigenvalue weighted by molar-refractivity contribution is -0.0796. The Bertz CT molecular complexity index is 1390. The molecule has 1 aliphatic rings. The van der Waals surface area contributed by atoms with Gasteiger partial charge in [-0.1, -0.05) is 72.8 Å². The van der Waals surface area contributed by atoms with E-state index in [4.69, 9.17) is 19.9 Å². The minimum atomic E-state index is -0.954. The number of ether oxygens (including phenoxy) is 3. The maximum atomic E-state index is 12.3. The Morgan fingerprint density at radius 2 is 1.51 bits per heavy atom. The van der Waals surface area contributed by atoms with Crippen LogP contribution in [0.4, 0.5) is 0 Å². The van der Waals surface area contributed by atoms with Crippen LogP contribution >= 0.6 is 0 Å². The van der Waals surface area contributed by atoms with E-state index in [2.05, 4.69) is 4.98 Å². The van der Waals surface area contributed by atoms with Gasteiger partial charge in [0.1, 0.15) is 17.6 Å². The maximum Gasteiger partial charge on any atom is 0.330 e. The van der Waals surface area contributed by atoms with E-state index in [0.29, 0.717) is 6.42 Å².